The van der Waals surface area contributed by atoms with Crippen LogP contribution in [-0.4, -0.2) is 23.5 Å². The summed E-state index contributed by atoms with van der Waals surface area (Å²) >= 11 is 0. The Balaban J connectivity index is 2.84. The molecule has 0 aromatic carbocycles. The summed E-state index contributed by atoms with van der Waals surface area (Å²) in [5, 5.41) is 19.2. The standard InChI is InChI=1S/C10H12N4O2/c1-8(6-11)7-13(2)10-5-9(14(15)16)3-4-12-10/h3-5,8H,7H2,1-2H3. The van der Waals surface area contributed by atoms with Crippen molar-refractivity contribution < 1.29 is 4.92 Å². The minimum Gasteiger partial charge on any atom is -0.358 e. The number of nitro groups is 1. The molecule has 1 atom stereocenters. The highest BCUT2D eigenvalue weighted by atomic mass is 16.6. The van der Waals surface area contributed by atoms with Crippen LogP contribution in [0.25, 0.3) is 0 Å². The summed E-state index contributed by atoms with van der Waals surface area (Å²) in [7, 11) is 1.75. The van der Waals surface area contributed by atoms with Crippen LogP contribution < -0.4 is 4.90 Å². The van der Waals surface area contributed by atoms with Crippen molar-refractivity contribution in [3.8, 4) is 6.07 Å². The molecule has 16 heavy (non-hydrogen) atoms. The molecule has 1 unspecified atom stereocenters. The normalized spacial score (nSPS) is 11.6. The monoisotopic (exact) mass is 220 g/mol. The molecule has 6 nitrogen and oxygen atoms in total. The van der Waals surface area contributed by atoms with Gasteiger partial charge in [0.1, 0.15) is 5.82 Å². The number of aromatic nitrogens is 1. The lowest BCUT2D eigenvalue weighted by atomic mass is 10.2. The van der Waals surface area contributed by atoms with Gasteiger partial charge in [-0.15, -0.1) is 0 Å². The number of pyridine rings is 1. The molecule has 84 valence electrons. The summed E-state index contributed by atoms with van der Waals surface area (Å²) in [5.41, 5.74) is 0.00135. The van der Waals surface area contributed by atoms with Crippen LogP contribution in [0.3, 0.4) is 0 Å². The summed E-state index contributed by atoms with van der Waals surface area (Å²) in [4.78, 5) is 15.8. The maximum absolute atomic E-state index is 10.6. The Morgan fingerprint density at radius 2 is 2.44 bits per heavy atom. The SMILES string of the molecule is CC(C#N)CN(C)c1cc([N+](=O)[O-])ccn1. The number of nitrogens with zero attached hydrogens (tertiary/aromatic N) is 4. The fraction of sp³-hybridized carbons (Fsp3) is 0.400. The highest BCUT2D eigenvalue weighted by Crippen LogP contribution is 2.17. The number of anilines is 1. The van der Waals surface area contributed by atoms with Gasteiger partial charge in [-0.1, -0.05) is 0 Å². The largest absolute Gasteiger partial charge is 0.358 e. The third kappa shape index (κ3) is 2.92. The average molecular weight is 220 g/mol. The Kier molecular flexibility index (Phi) is 3.78. The molecule has 0 fully saturated rings. The molecule has 0 radical (unpaired) electrons. The van der Waals surface area contributed by atoms with E-state index in [1.165, 1.54) is 18.3 Å². The van der Waals surface area contributed by atoms with Crippen molar-refractivity contribution in [2.75, 3.05) is 18.5 Å². The Morgan fingerprint density at radius 1 is 1.75 bits per heavy atom. The number of rotatable bonds is 4. The molecule has 1 aromatic rings. The number of hydrogen-bond donors (Lipinski definition) is 0. The van der Waals surface area contributed by atoms with Crippen molar-refractivity contribution in [2.45, 2.75) is 6.92 Å². The van der Waals surface area contributed by atoms with E-state index in [-0.39, 0.29) is 11.6 Å². The van der Waals surface area contributed by atoms with Crippen LogP contribution in [0.1, 0.15) is 6.92 Å². The molecule has 0 aliphatic heterocycles. The van der Waals surface area contributed by atoms with Crippen LogP contribution in [-0.2, 0) is 0 Å². The highest BCUT2D eigenvalue weighted by molar-refractivity contribution is 5.46. The molecule has 1 heterocycles. The third-order valence-corrected chi connectivity index (χ3v) is 2.10. The Labute approximate surface area is 93.3 Å². The second kappa shape index (κ2) is 5.07. The van der Waals surface area contributed by atoms with Crippen molar-refractivity contribution in [3.05, 3.63) is 28.4 Å². The first kappa shape index (κ1) is 11.9. The predicted molar refractivity (Wildman–Crippen MR) is 58.9 cm³/mol. The first-order chi connectivity index (χ1) is 7.54. The second-order valence-electron chi connectivity index (χ2n) is 3.54. The van der Waals surface area contributed by atoms with Crippen LogP contribution in [0.15, 0.2) is 18.3 Å². The van der Waals surface area contributed by atoms with E-state index in [0.29, 0.717) is 12.4 Å². The zero-order chi connectivity index (χ0) is 12.1. The molecule has 1 rings (SSSR count). The van der Waals surface area contributed by atoms with Gasteiger partial charge in [-0.25, -0.2) is 4.98 Å². The van der Waals surface area contributed by atoms with Crippen molar-refractivity contribution >= 4 is 11.5 Å². The molecule has 0 N–H and O–H groups in total. The molecule has 0 aliphatic carbocycles. The summed E-state index contributed by atoms with van der Waals surface area (Å²) in [6.07, 6.45) is 1.39. The molecule has 1 aromatic heterocycles. The van der Waals surface area contributed by atoms with Crippen molar-refractivity contribution in [2.24, 2.45) is 5.92 Å². The first-order valence-electron chi connectivity index (χ1n) is 4.75. The number of nitriles is 1. The number of hydrogen-bond acceptors (Lipinski definition) is 5. The topological polar surface area (TPSA) is 83.1 Å². The molecule has 0 amide bonds. The van der Waals surface area contributed by atoms with E-state index in [0.717, 1.165) is 0 Å². The van der Waals surface area contributed by atoms with E-state index >= 15 is 0 Å². The van der Waals surface area contributed by atoms with Crippen LogP contribution in [0.4, 0.5) is 11.5 Å². The summed E-state index contributed by atoms with van der Waals surface area (Å²) < 4.78 is 0. The van der Waals surface area contributed by atoms with Gasteiger partial charge in [0.15, 0.2) is 0 Å². The molecule has 6 heteroatoms. The van der Waals surface area contributed by atoms with E-state index in [4.69, 9.17) is 5.26 Å². The minimum atomic E-state index is -0.466. The molecule has 0 spiro atoms. The maximum Gasteiger partial charge on any atom is 0.274 e. The van der Waals surface area contributed by atoms with E-state index in [9.17, 15) is 10.1 Å². The lowest BCUT2D eigenvalue weighted by Crippen LogP contribution is -2.24. The smallest absolute Gasteiger partial charge is 0.274 e. The van der Waals surface area contributed by atoms with E-state index < -0.39 is 4.92 Å². The quantitative estimate of drug-likeness (QED) is 0.568. The molecular formula is C10H12N4O2. The third-order valence-electron chi connectivity index (χ3n) is 2.10. The van der Waals surface area contributed by atoms with Gasteiger partial charge in [-0.2, -0.15) is 5.26 Å². The average Bonchev–Trinajstić information content (AvgIpc) is 2.28. The van der Waals surface area contributed by atoms with Gasteiger partial charge in [0.05, 0.1) is 23.0 Å². The van der Waals surface area contributed by atoms with Gasteiger partial charge in [-0.3, -0.25) is 10.1 Å². The van der Waals surface area contributed by atoms with Gasteiger partial charge in [0.2, 0.25) is 0 Å². The zero-order valence-corrected chi connectivity index (χ0v) is 9.12. The predicted octanol–water partition coefficient (Wildman–Crippen LogP) is 1.59. The maximum atomic E-state index is 10.6. The van der Waals surface area contributed by atoms with Crippen molar-refractivity contribution in [1.29, 1.82) is 5.26 Å². The van der Waals surface area contributed by atoms with Crippen LogP contribution in [0, 0.1) is 27.4 Å². The fourth-order valence-electron chi connectivity index (χ4n) is 1.28. The Hall–Kier alpha value is -2.16. The van der Waals surface area contributed by atoms with E-state index in [1.54, 1.807) is 18.9 Å². The minimum absolute atomic E-state index is 0.00135. The van der Waals surface area contributed by atoms with Crippen molar-refractivity contribution in [3.63, 3.8) is 0 Å². The van der Waals surface area contributed by atoms with Gasteiger partial charge < -0.3 is 4.90 Å². The van der Waals surface area contributed by atoms with Gasteiger partial charge in [-0.05, 0) is 6.92 Å². The Bertz CT molecular complexity index is 427. The fourth-order valence-corrected chi connectivity index (χ4v) is 1.28. The zero-order valence-electron chi connectivity index (χ0n) is 9.12. The van der Waals surface area contributed by atoms with Crippen molar-refractivity contribution in [1.82, 2.24) is 4.98 Å². The lowest BCUT2D eigenvalue weighted by molar-refractivity contribution is -0.384. The lowest BCUT2D eigenvalue weighted by Gasteiger charge is -2.18. The van der Waals surface area contributed by atoms with Crippen LogP contribution >= 0.6 is 0 Å². The first-order valence-corrected chi connectivity index (χ1v) is 4.75. The van der Waals surface area contributed by atoms with Crippen LogP contribution in [0.2, 0.25) is 0 Å². The summed E-state index contributed by atoms with van der Waals surface area (Å²) in [6, 6.07) is 4.83. The summed E-state index contributed by atoms with van der Waals surface area (Å²) in [5.74, 6) is 0.349. The second-order valence-corrected chi connectivity index (χ2v) is 3.54. The molecule has 0 saturated carbocycles. The van der Waals surface area contributed by atoms with Gasteiger partial charge in [0.25, 0.3) is 5.69 Å². The molecule has 0 bridgehead atoms. The van der Waals surface area contributed by atoms with E-state index in [2.05, 4.69) is 11.1 Å². The molecule has 0 aliphatic rings. The van der Waals surface area contributed by atoms with Gasteiger partial charge >= 0.3 is 0 Å². The van der Waals surface area contributed by atoms with E-state index in [1.807, 2.05) is 0 Å². The summed E-state index contributed by atoms with van der Waals surface area (Å²) in [6.45, 7) is 2.28. The Morgan fingerprint density at radius 3 is 3.00 bits per heavy atom. The molecular weight excluding hydrogens is 208 g/mol. The van der Waals surface area contributed by atoms with Gasteiger partial charge in [0, 0.05) is 25.9 Å². The van der Waals surface area contributed by atoms with Crippen LogP contribution in [0.5, 0.6) is 0 Å². The molecule has 0 saturated heterocycles. The highest BCUT2D eigenvalue weighted by Gasteiger charge is 2.11.